The molecule has 2 atom stereocenters. The molecular formula is C15H27N5O5. The van der Waals surface area contributed by atoms with Crippen LogP contribution in [0.3, 0.4) is 0 Å². The van der Waals surface area contributed by atoms with Gasteiger partial charge < -0.3 is 32.1 Å². The summed E-state index contributed by atoms with van der Waals surface area (Å²) in [6, 6.07) is -1.65. The number of hydrogen-bond donors (Lipinski definition) is 5. The van der Waals surface area contributed by atoms with Crippen molar-refractivity contribution in [3.8, 4) is 0 Å². The molecule has 0 aromatic rings. The van der Waals surface area contributed by atoms with E-state index in [0.717, 1.165) is 0 Å². The van der Waals surface area contributed by atoms with Crippen LogP contribution in [-0.4, -0.2) is 72.0 Å². The molecule has 10 heteroatoms. The van der Waals surface area contributed by atoms with Crippen molar-refractivity contribution in [3.05, 3.63) is 0 Å². The second-order valence-corrected chi connectivity index (χ2v) is 5.91. The lowest BCUT2D eigenvalue weighted by Gasteiger charge is -2.23. The van der Waals surface area contributed by atoms with Crippen molar-refractivity contribution >= 4 is 23.7 Å². The number of rotatable bonds is 10. The number of carbonyl (C=O) groups is 4. The molecule has 1 rings (SSSR count). The zero-order valence-corrected chi connectivity index (χ0v) is 14.2. The van der Waals surface area contributed by atoms with Crippen LogP contribution in [0.1, 0.15) is 32.1 Å². The molecular weight excluding hydrogens is 330 g/mol. The summed E-state index contributed by atoms with van der Waals surface area (Å²) in [5.41, 5.74) is 10.7. The highest BCUT2D eigenvalue weighted by molar-refractivity contribution is 5.92. The van der Waals surface area contributed by atoms with Crippen molar-refractivity contribution in [2.75, 3.05) is 26.2 Å². The molecule has 0 radical (unpaired) electrons. The summed E-state index contributed by atoms with van der Waals surface area (Å²) in [6.07, 6.45) is 2.73. The molecule has 25 heavy (non-hydrogen) atoms. The Labute approximate surface area is 146 Å². The third-order valence-electron chi connectivity index (χ3n) is 4.05. The summed E-state index contributed by atoms with van der Waals surface area (Å²) in [6.45, 7) is 0.395. The smallest absolute Gasteiger partial charge is 0.326 e. The van der Waals surface area contributed by atoms with Crippen LogP contribution in [0.25, 0.3) is 0 Å². The third kappa shape index (κ3) is 6.67. The second-order valence-electron chi connectivity index (χ2n) is 5.91. The maximum atomic E-state index is 12.2. The molecule has 1 fully saturated rings. The highest BCUT2D eigenvalue weighted by Crippen LogP contribution is 2.17. The first-order valence-electron chi connectivity index (χ1n) is 8.40. The van der Waals surface area contributed by atoms with Crippen LogP contribution < -0.4 is 22.1 Å². The maximum Gasteiger partial charge on any atom is 0.326 e. The lowest BCUT2D eigenvalue weighted by molar-refractivity contribution is -0.142. The first-order valence-corrected chi connectivity index (χ1v) is 8.40. The van der Waals surface area contributed by atoms with E-state index in [4.69, 9.17) is 16.6 Å². The molecule has 0 aliphatic carbocycles. The average molecular weight is 357 g/mol. The number of aliphatic carboxylic acids is 1. The van der Waals surface area contributed by atoms with Gasteiger partial charge in [-0.05, 0) is 38.6 Å². The average Bonchev–Trinajstić information content (AvgIpc) is 3.07. The number of nitrogens with two attached hydrogens (primary N) is 2. The van der Waals surface area contributed by atoms with Crippen molar-refractivity contribution in [1.82, 2.24) is 15.5 Å². The van der Waals surface area contributed by atoms with Crippen LogP contribution in [0.2, 0.25) is 0 Å². The first-order chi connectivity index (χ1) is 11.9. The summed E-state index contributed by atoms with van der Waals surface area (Å²) in [5, 5.41) is 13.9. The molecule has 1 aliphatic rings. The van der Waals surface area contributed by atoms with E-state index in [1.165, 1.54) is 4.90 Å². The van der Waals surface area contributed by atoms with E-state index in [-0.39, 0.29) is 25.4 Å². The van der Waals surface area contributed by atoms with Crippen LogP contribution >= 0.6 is 0 Å². The first kappa shape index (κ1) is 20.8. The van der Waals surface area contributed by atoms with Crippen molar-refractivity contribution in [1.29, 1.82) is 0 Å². The number of nitrogens with one attached hydrogen (secondary N) is 2. The molecule has 0 bridgehead atoms. The van der Waals surface area contributed by atoms with Gasteiger partial charge in [-0.1, -0.05) is 0 Å². The molecule has 2 unspecified atom stereocenters. The quantitative estimate of drug-likeness (QED) is 0.275. The summed E-state index contributed by atoms with van der Waals surface area (Å²) in [7, 11) is 0. The highest BCUT2D eigenvalue weighted by atomic mass is 16.4. The van der Waals surface area contributed by atoms with Gasteiger partial charge in [0.25, 0.3) is 0 Å². The van der Waals surface area contributed by atoms with Crippen LogP contribution in [0.15, 0.2) is 0 Å². The Bertz CT molecular complexity index is 499. The van der Waals surface area contributed by atoms with Gasteiger partial charge in [0, 0.05) is 6.54 Å². The van der Waals surface area contributed by atoms with Gasteiger partial charge in [0.2, 0.25) is 17.7 Å². The fourth-order valence-corrected chi connectivity index (χ4v) is 2.74. The molecule has 0 saturated carbocycles. The second kappa shape index (κ2) is 10.6. The molecule has 0 spiro atoms. The Kier molecular flexibility index (Phi) is 8.86. The van der Waals surface area contributed by atoms with E-state index in [9.17, 15) is 19.2 Å². The normalized spacial score (nSPS) is 17.8. The lowest BCUT2D eigenvalue weighted by atomic mass is 10.1. The van der Waals surface area contributed by atoms with Gasteiger partial charge in [0.1, 0.15) is 12.1 Å². The third-order valence-corrected chi connectivity index (χ3v) is 4.05. The Hall–Kier alpha value is -2.20. The van der Waals surface area contributed by atoms with Crippen molar-refractivity contribution in [2.45, 2.75) is 44.2 Å². The van der Waals surface area contributed by atoms with E-state index in [0.29, 0.717) is 38.8 Å². The fourth-order valence-electron chi connectivity index (χ4n) is 2.74. The van der Waals surface area contributed by atoms with Gasteiger partial charge in [-0.3, -0.25) is 14.4 Å². The van der Waals surface area contributed by atoms with Crippen molar-refractivity contribution in [3.63, 3.8) is 0 Å². The molecule has 0 aromatic carbocycles. The van der Waals surface area contributed by atoms with Crippen molar-refractivity contribution in [2.24, 2.45) is 11.5 Å². The monoisotopic (exact) mass is 357 g/mol. The molecule has 10 nitrogen and oxygen atoms in total. The minimum Gasteiger partial charge on any atom is -0.480 e. The predicted molar refractivity (Wildman–Crippen MR) is 89.3 cm³/mol. The predicted octanol–water partition coefficient (Wildman–Crippen LogP) is -2.25. The van der Waals surface area contributed by atoms with E-state index >= 15 is 0 Å². The SMILES string of the molecule is NCCCCC(NC(=O)CNC(=O)C1CCCN1C(=O)CN)C(=O)O. The summed E-state index contributed by atoms with van der Waals surface area (Å²) in [4.78, 5) is 48.2. The molecule has 3 amide bonds. The Morgan fingerprint density at radius 2 is 1.92 bits per heavy atom. The van der Waals surface area contributed by atoms with Gasteiger partial charge >= 0.3 is 5.97 Å². The van der Waals surface area contributed by atoms with E-state index in [2.05, 4.69) is 10.6 Å². The highest BCUT2D eigenvalue weighted by Gasteiger charge is 2.33. The van der Waals surface area contributed by atoms with Gasteiger partial charge in [-0.15, -0.1) is 0 Å². The molecule has 1 aliphatic heterocycles. The lowest BCUT2D eigenvalue weighted by Crippen LogP contribution is -2.51. The van der Waals surface area contributed by atoms with Crippen molar-refractivity contribution < 1.29 is 24.3 Å². The van der Waals surface area contributed by atoms with E-state index in [1.807, 2.05) is 0 Å². The summed E-state index contributed by atoms with van der Waals surface area (Å²) >= 11 is 0. The number of carboxylic acid groups (broad SMARTS) is 1. The zero-order chi connectivity index (χ0) is 18.8. The number of hydrogen-bond acceptors (Lipinski definition) is 6. The minimum atomic E-state index is -1.13. The van der Waals surface area contributed by atoms with E-state index in [1.54, 1.807) is 0 Å². The zero-order valence-electron chi connectivity index (χ0n) is 14.2. The number of likely N-dealkylation sites (tertiary alicyclic amines) is 1. The number of unbranched alkanes of at least 4 members (excludes halogenated alkanes) is 1. The van der Waals surface area contributed by atoms with Crippen LogP contribution in [0, 0.1) is 0 Å². The number of carboxylic acids is 1. The molecule has 1 saturated heterocycles. The van der Waals surface area contributed by atoms with Gasteiger partial charge in [0.15, 0.2) is 0 Å². The van der Waals surface area contributed by atoms with Gasteiger partial charge in [0.05, 0.1) is 13.1 Å². The van der Waals surface area contributed by atoms with Gasteiger partial charge in [-0.25, -0.2) is 4.79 Å². The standard InChI is InChI=1S/C15H27N5O5/c16-6-2-1-4-10(15(24)25)19-12(21)9-18-14(23)11-5-3-7-20(11)13(22)8-17/h10-11H,1-9,16-17H2,(H,18,23)(H,19,21)(H,24,25). The number of amides is 3. The fraction of sp³-hybridized carbons (Fsp3) is 0.733. The Morgan fingerprint density at radius 1 is 1.20 bits per heavy atom. The number of nitrogens with zero attached hydrogens (tertiary/aromatic N) is 1. The minimum absolute atomic E-state index is 0.173. The Balaban J connectivity index is 2.44. The molecule has 142 valence electrons. The van der Waals surface area contributed by atoms with Gasteiger partial charge in [-0.2, -0.15) is 0 Å². The molecule has 7 N–H and O–H groups in total. The number of carbonyl (C=O) groups excluding carboxylic acids is 3. The van der Waals surface area contributed by atoms with Crippen LogP contribution in [0.4, 0.5) is 0 Å². The summed E-state index contributed by atoms with van der Waals surface area (Å²) in [5.74, 6) is -2.48. The van der Waals surface area contributed by atoms with Crippen LogP contribution in [0.5, 0.6) is 0 Å². The molecule has 1 heterocycles. The molecule has 0 aromatic heterocycles. The maximum absolute atomic E-state index is 12.2. The Morgan fingerprint density at radius 3 is 2.52 bits per heavy atom. The van der Waals surface area contributed by atoms with E-state index < -0.39 is 29.9 Å². The van der Waals surface area contributed by atoms with Crippen LogP contribution in [-0.2, 0) is 19.2 Å². The topological polar surface area (TPSA) is 168 Å². The summed E-state index contributed by atoms with van der Waals surface area (Å²) < 4.78 is 0. The largest absolute Gasteiger partial charge is 0.480 e.